The number of nitrogens with zero attached hydrogens (tertiary/aromatic N) is 4. The molecule has 22 heavy (non-hydrogen) atoms. The predicted molar refractivity (Wildman–Crippen MR) is 82.4 cm³/mol. The van der Waals surface area contributed by atoms with Gasteiger partial charge in [-0.05, 0) is 12.1 Å². The minimum atomic E-state index is -0.258. The first-order chi connectivity index (χ1) is 10.7. The number of guanidine groups is 1. The van der Waals surface area contributed by atoms with E-state index < -0.39 is 0 Å². The zero-order valence-corrected chi connectivity index (χ0v) is 12.9. The van der Waals surface area contributed by atoms with Crippen molar-refractivity contribution in [2.75, 3.05) is 20.7 Å². The van der Waals surface area contributed by atoms with Crippen molar-refractivity contribution in [1.82, 2.24) is 25.2 Å². The molecule has 118 valence electrons. The molecule has 8 heteroatoms. The summed E-state index contributed by atoms with van der Waals surface area (Å²) in [6.45, 7) is 2.70. The van der Waals surface area contributed by atoms with Gasteiger partial charge in [-0.3, -0.25) is 14.2 Å². The molecule has 2 aromatic rings. The Bertz CT molecular complexity index is 666. The second-order valence-electron chi connectivity index (χ2n) is 4.78. The molecular formula is C14H20N6O2. The summed E-state index contributed by atoms with van der Waals surface area (Å²) in [7, 11) is 3.04. The Morgan fingerprint density at radius 1 is 1.41 bits per heavy atom. The highest BCUT2D eigenvalue weighted by atomic mass is 16.5. The molecule has 0 aliphatic rings. The first-order valence-electron chi connectivity index (χ1n) is 6.96. The molecule has 2 heterocycles. The predicted octanol–water partition coefficient (Wildman–Crippen LogP) is 0.203. The molecule has 0 aliphatic carbocycles. The maximum absolute atomic E-state index is 11.4. The molecule has 1 unspecified atom stereocenters. The van der Waals surface area contributed by atoms with Crippen molar-refractivity contribution in [3.63, 3.8) is 0 Å². The molecule has 0 radical (unpaired) electrons. The Morgan fingerprint density at radius 3 is 2.95 bits per heavy atom. The zero-order valence-electron chi connectivity index (χ0n) is 12.9. The van der Waals surface area contributed by atoms with Gasteiger partial charge in [-0.25, -0.2) is 0 Å². The summed E-state index contributed by atoms with van der Waals surface area (Å²) in [5, 5.41) is 14.4. The lowest BCUT2D eigenvalue weighted by Gasteiger charge is -2.14. The number of nitrogens with one attached hydrogen (secondary N) is 2. The lowest BCUT2D eigenvalue weighted by atomic mass is 10.2. The largest absolute Gasteiger partial charge is 0.469 e. The Labute approximate surface area is 128 Å². The number of fused-ring (bicyclic) bond motifs is 1. The van der Waals surface area contributed by atoms with Crippen LogP contribution >= 0.6 is 0 Å². The van der Waals surface area contributed by atoms with E-state index in [1.54, 1.807) is 14.0 Å². The maximum Gasteiger partial charge on any atom is 0.310 e. The molecular weight excluding hydrogens is 284 g/mol. The third-order valence-electron chi connectivity index (χ3n) is 3.20. The summed E-state index contributed by atoms with van der Waals surface area (Å²) in [6.07, 6.45) is 1.90. The van der Waals surface area contributed by atoms with Crippen LogP contribution in [0.3, 0.4) is 0 Å². The fourth-order valence-electron chi connectivity index (χ4n) is 1.93. The van der Waals surface area contributed by atoms with Crippen molar-refractivity contribution in [3.8, 4) is 0 Å². The van der Waals surface area contributed by atoms with Gasteiger partial charge in [0, 0.05) is 19.8 Å². The van der Waals surface area contributed by atoms with Gasteiger partial charge >= 0.3 is 5.97 Å². The third kappa shape index (κ3) is 3.72. The molecule has 0 amide bonds. The summed E-state index contributed by atoms with van der Waals surface area (Å²) < 4.78 is 6.58. The Kier molecular flexibility index (Phi) is 5.29. The molecule has 0 spiro atoms. The number of carbonyl (C=O) groups excluding carboxylic acids is 1. The summed E-state index contributed by atoms with van der Waals surface area (Å²) in [5.74, 6) is 0.854. The highest BCUT2D eigenvalue weighted by molar-refractivity contribution is 5.80. The van der Waals surface area contributed by atoms with Gasteiger partial charge in [0.15, 0.2) is 17.4 Å². The second kappa shape index (κ2) is 7.39. The monoisotopic (exact) mass is 304 g/mol. The number of aromatic nitrogens is 3. The average Bonchev–Trinajstić information content (AvgIpc) is 2.97. The van der Waals surface area contributed by atoms with Crippen LogP contribution in [0.4, 0.5) is 0 Å². The minimum absolute atomic E-state index is 0.252. The van der Waals surface area contributed by atoms with Gasteiger partial charge in [-0.1, -0.05) is 13.0 Å². The standard InChI is InChI=1S/C14H20N6O2/c1-10(13(21)22-3)8-16-14(15-2)17-9-12-19-18-11-6-4-5-7-20(11)12/h4-7,10H,8-9H2,1-3H3,(H2,15,16,17). The highest BCUT2D eigenvalue weighted by Crippen LogP contribution is 2.02. The highest BCUT2D eigenvalue weighted by Gasteiger charge is 2.13. The number of carbonyl (C=O) groups is 1. The maximum atomic E-state index is 11.4. The van der Waals surface area contributed by atoms with Crippen LogP contribution in [0.15, 0.2) is 29.4 Å². The normalized spacial score (nSPS) is 13.0. The molecule has 2 N–H and O–H groups in total. The van der Waals surface area contributed by atoms with Gasteiger partial charge in [0.25, 0.3) is 0 Å². The molecule has 8 nitrogen and oxygen atoms in total. The van der Waals surface area contributed by atoms with Gasteiger partial charge in [0.1, 0.15) is 0 Å². The van der Waals surface area contributed by atoms with Crippen LogP contribution in [-0.2, 0) is 16.1 Å². The van der Waals surface area contributed by atoms with Crippen LogP contribution in [0.2, 0.25) is 0 Å². The van der Waals surface area contributed by atoms with Crippen molar-refractivity contribution in [3.05, 3.63) is 30.2 Å². The minimum Gasteiger partial charge on any atom is -0.469 e. The van der Waals surface area contributed by atoms with Crippen LogP contribution in [0.5, 0.6) is 0 Å². The summed E-state index contributed by atoms with van der Waals surface area (Å²) in [4.78, 5) is 15.5. The smallest absolute Gasteiger partial charge is 0.310 e. The first kappa shape index (κ1) is 15.7. The van der Waals surface area contributed by atoms with E-state index in [0.717, 1.165) is 11.5 Å². The number of hydrogen-bond donors (Lipinski definition) is 2. The van der Waals surface area contributed by atoms with E-state index >= 15 is 0 Å². The van der Waals surface area contributed by atoms with Crippen LogP contribution in [0, 0.1) is 5.92 Å². The molecule has 0 aromatic carbocycles. The van der Waals surface area contributed by atoms with E-state index in [9.17, 15) is 4.79 Å². The van der Waals surface area contributed by atoms with Crippen molar-refractivity contribution in [1.29, 1.82) is 0 Å². The van der Waals surface area contributed by atoms with Crippen LogP contribution in [-0.4, -0.2) is 47.2 Å². The Hall–Kier alpha value is -2.64. The molecule has 2 rings (SSSR count). The third-order valence-corrected chi connectivity index (χ3v) is 3.20. The molecule has 0 bridgehead atoms. The fraction of sp³-hybridized carbons (Fsp3) is 0.429. The first-order valence-corrected chi connectivity index (χ1v) is 6.96. The second-order valence-corrected chi connectivity index (χ2v) is 4.78. The van der Waals surface area contributed by atoms with E-state index in [2.05, 4.69) is 30.6 Å². The summed E-state index contributed by atoms with van der Waals surface area (Å²) in [5.41, 5.74) is 0.793. The zero-order chi connectivity index (χ0) is 15.9. The lowest BCUT2D eigenvalue weighted by molar-refractivity contribution is -0.144. The molecule has 2 aromatic heterocycles. The van der Waals surface area contributed by atoms with E-state index in [1.165, 1.54) is 7.11 Å². The molecule has 0 saturated heterocycles. The Morgan fingerprint density at radius 2 is 2.23 bits per heavy atom. The van der Waals surface area contributed by atoms with Gasteiger partial charge in [0.05, 0.1) is 19.6 Å². The number of hydrogen-bond acceptors (Lipinski definition) is 5. The molecule has 1 atom stereocenters. The average molecular weight is 304 g/mol. The van der Waals surface area contributed by atoms with Crippen molar-refractivity contribution in [2.45, 2.75) is 13.5 Å². The molecule has 0 aliphatic heterocycles. The molecule has 0 fully saturated rings. The SMILES string of the molecule is CN=C(NCc1nnc2ccccn12)NCC(C)C(=O)OC. The van der Waals surface area contributed by atoms with Crippen molar-refractivity contribution < 1.29 is 9.53 Å². The van der Waals surface area contributed by atoms with Crippen molar-refractivity contribution in [2.24, 2.45) is 10.9 Å². The lowest BCUT2D eigenvalue weighted by Crippen LogP contribution is -2.40. The van der Waals surface area contributed by atoms with Crippen LogP contribution < -0.4 is 10.6 Å². The topological polar surface area (TPSA) is 92.9 Å². The van der Waals surface area contributed by atoms with Crippen LogP contribution in [0.25, 0.3) is 5.65 Å². The quantitative estimate of drug-likeness (QED) is 0.466. The van der Waals surface area contributed by atoms with Gasteiger partial charge < -0.3 is 15.4 Å². The van der Waals surface area contributed by atoms with Gasteiger partial charge in [-0.15, -0.1) is 10.2 Å². The fourth-order valence-corrected chi connectivity index (χ4v) is 1.93. The van der Waals surface area contributed by atoms with E-state index in [4.69, 9.17) is 0 Å². The summed E-state index contributed by atoms with van der Waals surface area (Å²) >= 11 is 0. The number of ether oxygens (including phenoxy) is 1. The van der Waals surface area contributed by atoms with Gasteiger partial charge in [0.2, 0.25) is 0 Å². The van der Waals surface area contributed by atoms with E-state index in [-0.39, 0.29) is 11.9 Å². The van der Waals surface area contributed by atoms with E-state index in [0.29, 0.717) is 19.0 Å². The van der Waals surface area contributed by atoms with E-state index in [1.807, 2.05) is 28.8 Å². The Balaban J connectivity index is 1.90. The number of esters is 1. The molecule has 0 saturated carbocycles. The number of methoxy groups -OCH3 is 1. The number of rotatable bonds is 5. The van der Waals surface area contributed by atoms with Crippen molar-refractivity contribution >= 4 is 17.6 Å². The number of aliphatic imine (C=N–C) groups is 1. The number of pyridine rings is 1. The summed E-state index contributed by atoms with van der Waals surface area (Å²) in [6, 6.07) is 5.72. The van der Waals surface area contributed by atoms with Gasteiger partial charge in [-0.2, -0.15) is 0 Å². The van der Waals surface area contributed by atoms with Crippen LogP contribution in [0.1, 0.15) is 12.7 Å².